The van der Waals surface area contributed by atoms with Gasteiger partial charge in [0, 0.05) is 6.42 Å². The summed E-state index contributed by atoms with van der Waals surface area (Å²) in [6, 6.07) is 0. The SMILES string of the molecule is C[C@H]1CC[C@H](CCC(=O)[Si](C)(C)C)C1. The predicted octanol–water partition coefficient (Wildman–Crippen LogP) is 3.65. The van der Waals surface area contributed by atoms with Gasteiger partial charge < -0.3 is 4.79 Å². The Kier molecular flexibility index (Phi) is 3.93. The summed E-state index contributed by atoms with van der Waals surface area (Å²) in [4.78, 5) is 11.8. The summed E-state index contributed by atoms with van der Waals surface area (Å²) >= 11 is 0. The lowest BCUT2D eigenvalue weighted by molar-refractivity contribution is -0.113. The predicted molar refractivity (Wildman–Crippen MR) is 64.1 cm³/mol. The van der Waals surface area contributed by atoms with Crippen molar-refractivity contribution in [3.63, 3.8) is 0 Å². The van der Waals surface area contributed by atoms with Crippen molar-refractivity contribution in [1.82, 2.24) is 0 Å². The second-order valence-electron chi connectivity index (χ2n) is 6.00. The normalized spacial score (nSPS) is 28.0. The van der Waals surface area contributed by atoms with Crippen LogP contribution >= 0.6 is 0 Å². The highest BCUT2D eigenvalue weighted by atomic mass is 28.3. The van der Waals surface area contributed by atoms with E-state index in [4.69, 9.17) is 0 Å². The van der Waals surface area contributed by atoms with E-state index in [-0.39, 0.29) is 0 Å². The summed E-state index contributed by atoms with van der Waals surface area (Å²) < 4.78 is 0. The van der Waals surface area contributed by atoms with E-state index in [1.54, 1.807) is 0 Å². The molecule has 1 aliphatic carbocycles. The lowest BCUT2D eigenvalue weighted by atomic mass is 10.0. The zero-order valence-electron chi connectivity index (χ0n) is 10.1. The highest BCUT2D eigenvalue weighted by Crippen LogP contribution is 2.33. The molecular formula is C12H24OSi. The van der Waals surface area contributed by atoms with Crippen LogP contribution in [0.25, 0.3) is 0 Å². The van der Waals surface area contributed by atoms with Gasteiger partial charge >= 0.3 is 0 Å². The van der Waals surface area contributed by atoms with Crippen LogP contribution in [0.2, 0.25) is 19.6 Å². The number of rotatable bonds is 4. The van der Waals surface area contributed by atoms with Crippen molar-refractivity contribution < 1.29 is 4.79 Å². The molecule has 0 saturated heterocycles. The average Bonchev–Trinajstić information content (AvgIpc) is 2.45. The van der Waals surface area contributed by atoms with Crippen molar-refractivity contribution in [2.75, 3.05) is 0 Å². The third-order valence-electron chi connectivity index (χ3n) is 3.42. The largest absolute Gasteiger partial charge is 0.305 e. The molecule has 1 rings (SSSR count). The van der Waals surface area contributed by atoms with Gasteiger partial charge in [-0.1, -0.05) is 39.4 Å². The molecule has 14 heavy (non-hydrogen) atoms. The lowest BCUT2D eigenvalue weighted by Gasteiger charge is -2.15. The van der Waals surface area contributed by atoms with Crippen molar-refractivity contribution in [2.24, 2.45) is 11.8 Å². The van der Waals surface area contributed by atoms with Gasteiger partial charge in [0.05, 0.1) is 0 Å². The van der Waals surface area contributed by atoms with E-state index in [9.17, 15) is 4.79 Å². The maximum absolute atomic E-state index is 11.8. The van der Waals surface area contributed by atoms with Crippen LogP contribution in [0.5, 0.6) is 0 Å². The average molecular weight is 212 g/mol. The fourth-order valence-corrected chi connectivity index (χ4v) is 3.19. The first-order chi connectivity index (χ1) is 6.39. The Balaban J connectivity index is 2.24. The van der Waals surface area contributed by atoms with Crippen molar-refractivity contribution >= 4 is 13.5 Å². The van der Waals surface area contributed by atoms with Gasteiger partial charge in [0.25, 0.3) is 0 Å². The number of hydrogen-bond acceptors (Lipinski definition) is 1. The summed E-state index contributed by atoms with van der Waals surface area (Å²) in [5.74, 6) is 1.76. The van der Waals surface area contributed by atoms with Crippen LogP contribution in [0.3, 0.4) is 0 Å². The zero-order chi connectivity index (χ0) is 10.8. The van der Waals surface area contributed by atoms with Crippen molar-refractivity contribution in [2.45, 2.75) is 58.7 Å². The minimum absolute atomic E-state index is 0.567. The second-order valence-corrected chi connectivity index (χ2v) is 11.1. The minimum Gasteiger partial charge on any atom is -0.305 e. The summed E-state index contributed by atoms with van der Waals surface area (Å²) in [5, 5.41) is 0.567. The second kappa shape index (κ2) is 4.60. The Hall–Kier alpha value is -0.113. The smallest absolute Gasteiger partial charge is 0.123 e. The molecule has 1 fully saturated rings. The molecule has 82 valence electrons. The lowest BCUT2D eigenvalue weighted by Crippen LogP contribution is -2.33. The van der Waals surface area contributed by atoms with Gasteiger partial charge in [0.2, 0.25) is 0 Å². The number of carbonyl (C=O) groups excluding carboxylic acids is 1. The van der Waals surface area contributed by atoms with Crippen LogP contribution in [0.4, 0.5) is 0 Å². The summed E-state index contributed by atoms with van der Waals surface area (Å²) in [6.45, 7) is 8.81. The summed E-state index contributed by atoms with van der Waals surface area (Å²) in [7, 11) is -1.49. The van der Waals surface area contributed by atoms with Gasteiger partial charge in [-0.2, -0.15) is 0 Å². The van der Waals surface area contributed by atoms with Crippen molar-refractivity contribution in [3.05, 3.63) is 0 Å². The van der Waals surface area contributed by atoms with Crippen LogP contribution in [-0.4, -0.2) is 13.5 Å². The Morgan fingerprint density at radius 3 is 2.36 bits per heavy atom. The molecule has 0 aromatic rings. The maximum atomic E-state index is 11.8. The van der Waals surface area contributed by atoms with E-state index in [1.807, 2.05) is 0 Å². The maximum Gasteiger partial charge on any atom is 0.123 e. The Bertz CT molecular complexity index is 205. The van der Waals surface area contributed by atoms with Gasteiger partial charge in [-0.3, -0.25) is 0 Å². The van der Waals surface area contributed by atoms with Crippen molar-refractivity contribution in [3.8, 4) is 0 Å². The van der Waals surface area contributed by atoms with Crippen LogP contribution in [0, 0.1) is 11.8 Å². The van der Waals surface area contributed by atoms with E-state index in [1.165, 1.54) is 19.3 Å². The van der Waals surface area contributed by atoms with Crippen LogP contribution < -0.4 is 0 Å². The molecule has 0 aromatic heterocycles. The molecule has 0 unspecified atom stereocenters. The summed E-state index contributed by atoms with van der Waals surface area (Å²) in [6.07, 6.45) is 6.12. The van der Waals surface area contributed by atoms with Gasteiger partial charge in [-0.15, -0.1) is 0 Å². The van der Waals surface area contributed by atoms with Crippen LogP contribution in [-0.2, 0) is 4.79 Å². The summed E-state index contributed by atoms with van der Waals surface area (Å²) in [5.41, 5.74) is 0. The molecule has 0 aliphatic heterocycles. The molecule has 0 radical (unpaired) electrons. The van der Waals surface area contributed by atoms with E-state index in [0.717, 1.165) is 24.7 Å². The standard InChI is InChI=1S/C12H24OSi/c1-10-5-6-11(9-10)7-8-12(13)14(2,3)4/h10-11H,5-9H2,1-4H3/t10-,11+/m0/s1. The molecule has 1 saturated carbocycles. The molecule has 0 aromatic carbocycles. The van der Waals surface area contributed by atoms with E-state index in [0.29, 0.717) is 5.41 Å². The molecule has 1 aliphatic rings. The van der Waals surface area contributed by atoms with Crippen molar-refractivity contribution in [1.29, 1.82) is 0 Å². The molecule has 0 bridgehead atoms. The topological polar surface area (TPSA) is 17.1 Å². The third kappa shape index (κ3) is 3.56. The molecular weight excluding hydrogens is 188 g/mol. The van der Waals surface area contributed by atoms with Gasteiger partial charge in [-0.05, 0) is 24.7 Å². The molecule has 2 heteroatoms. The van der Waals surface area contributed by atoms with E-state index in [2.05, 4.69) is 26.6 Å². The molecule has 0 N–H and O–H groups in total. The molecule has 2 atom stereocenters. The van der Waals surface area contributed by atoms with Gasteiger partial charge in [0.1, 0.15) is 13.5 Å². The fourth-order valence-electron chi connectivity index (χ4n) is 2.30. The first-order valence-electron chi connectivity index (χ1n) is 5.93. The van der Waals surface area contributed by atoms with E-state index >= 15 is 0 Å². The Morgan fingerprint density at radius 2 is 1.93 bits per heavy atom. The third-order valence-corrected chi connectivity index (χ3v) is 5.34. The van der Waals surface area contributed by atoms with E-state index < -0.39 is 8.07 Å². The van der Waals surface area contributed by atoms with Gasteiger partial charge in [-0.25, -0.2) is 0 Å². The molecule has 0 heterocycles. The molecule has 1 nitrogen and oxygen atoms in total. The first-order valence-corrected chi connectivity index (χ1v) is 9.43. The fraction of sp³-hybridized carbons (Fsp3) is 0.917. The Labute approximate surface area is 89.3 Å². The first kappa shape index (κ1) is 12.0. The zero-order valence-corrected chi connectivity index (χ0v) is 11.1. The quantitative estimate of drug-likeness (QED) is 0.650. The minimum atomic E-state index is -1.49. The number of carbonyl (C=O) groups is 1. The van der Waals surface area contributed by atoms with Crippen LogP contribution in [0.15, 0.2) is 0 Å². The van der Waals surface area contributed by atoms with Crippen LogP contribution in [0.1, 0.15) is 39.0 Å². The highest BCUT2D eigenvalue weighted by Gasteiger charge is 2.26. The monoisotopic (exact) mass is 212 g/mol. The van der Waals surface area contributed by atoms with Gasteiger partial charge in [0.15, 0.2) is 0 Å². The Morgan fingerprint density at radius 1 is 1.29 bits per heavy atom. The highest BCUT2D eigenvalue weighted by molar-refractivity contribution is 7.03. The molecule has 0 spiro atoms. The molecule has 0 amide bonds. The number of hydrogen-bond donors (Lipinski definition) is 0.